The van der Waals surface area contributed by atoms with Crippen LogP contribution in [0.15, 0.2) is 30.3 Å². The molecule has 9 heavy (non-hydrogen) atoms. The largest absolute Gasteiger partial charge is 0.412 e. The Morgan fingerprint density at radius 1 is 1.11 bits per heavy atom. The number of hydrogen-bond acceptors (Lipinski definition) is 2. The summed E-state index contributed by atoms with van der Waals surface area (Å²) in [7, 11) is 0. The van der Waals surface area contributed by atoms with Gasteiger partial charge in [0.15, 0.2) is 0 Å². The van der Waals surface area contributed by atoms with Gasteiger partial charge in [0, 0.05) is 0 Å². The Kier molecular flexibility index (Phi) is 3.84. The van der Waals surface area contributed by atoms with Crippen LogP contribution in [0.1, 0.15) is 0 Å². The van der Waals surface area contributed by atoms with Crippen molar-refractivity contribution in [2.24, 2.45) is 5.90 Å². The van der Waals surface area contributed by atoms with Gasteiger partial charge in [0.05, 0.1) is 0 Å². The molecule has 1 rings (SSSR count). The summed E-state index contributed by atoms with van der Waals surface area (Å²) in [6.07, 6.45) is 0. The molecule has 0 aliphatic carbocycles. The molecular formula is C6H8ClNO. The molecule has 2 nitrogen and oxygen atoms in total. The summed E-state index contributed by atoms with van der Waals surface area (Å²) >= 11 is 0. The van der Waals surface area contributed by atoms with E-state index in [4.69, 9.17) is 5.90 Å². The summed E-state index contributed by atoms with van der Waals surface area (Å²) in [6.45, 7) is 0. The zero-order valence-corrected chi connectivity index (χ0v) is 5.60. The van der Waals surface area contributed by atoms with Gasteiger partial charge in [-0.2, -0.15) is 5.90 Å². The number of benzene rings is 1. The summed E-state index contributed by atoms with van der Waals surface area (Å²) < 4.78 is 0. The van der Waals surface area contributed by atoms with E-state index in [0.717, 1.165) is 0 Å². The van der Waals surface area contributed by atoms with Crippen molar-refractivity contribution in [3.05, 3.63) is 30.3 Å². The summed E-state index contributed by atoms with van der Waals surface area (Å²) in [5, 5.41) is 0. The standard InChI is InChI=1S/C6H7NO.ClH/c7-8-6-4-2-1-3-5-6;/h1-5H,7H2;1H. The Morgan fingerprint density at radius 3 is 2.00 bits per heavy atom. The number of para-hydroxylation sites is 1. The van der Waals surface area contributed by atoms with E-state index in [9.17, 15) is 0 Å². The third-order valence-corrected chi connectivity index (χ3v) is 0.879. The third-order valence-electron chi connectivity index (χ3n) is 0.879. The van der Waals surface area contributed by atoms with Crippen LogP contribution in [0.2, 0.25) is 0 Å². The second-order valence-corrected chi connectivity index (χ2v) is 1.43. The molecule has 0 bridgehead atoms. The minimum Gasteiger partial charge on any atom is -0.412 e. The van der Waals surface area contributed by atoms with Gasteiger partial charge in [0.25, 0.3) is 0 Å². The number of hydrogen-bond donors (Lipinski definition) is 1. The number of nitrogens with two attached hydrogens (primary N) is 1. The Balaban J connectivity index is 0.000000640. The monoisotopic (exact) mass is 145 g/mol. The van der Waals surface area contributed by atoms with Gasteiger partial charge >= 0.3 is 0 Å². The van der Waals surface area contributed by atoms with Crippen LogP contribution in [0.3, 0.4) is 0 Å². The second kappa shape index (κ2) is 4.18. The summed E-state index contributed by atoms with van der Waals surface area (Å²) in [6, 6.07) is 9.22. The van der Waals surface area contributed by atoms with Crippen LogP contribution in [0.4, 0.5) is 0 Å². The van der Waals surface area contributed by atoms with E-state index in [2.05, 4.69) is 4.84 Å². The molecule has 3 heteroatoms. The molecular weight excluding hydrogens is 138 g/mol. The molecule has 0 spiro atoms. The lowest BCUT2D eigenvalue weighted by molar-refractivity contribution is 0.334. The highest BCUT2D eigenvalue weighted by molar-refractivity contribution is 5.85. The topological polar surface area (TPSA) is 35.2 Å². The first-order valence-electron chi connectivity index (χ1n) is 2.35. The molecule has 0 aliphatic heterocycles. The van der Waals surface area contributed by atoms with Crippen molar-refractivity contribution < 1.29 is 4.84 Å². The van der Waals surface area contributed by atoms with Crippen LogP contribution in [0.25, 0.3) is 0 Å². The molecule has 0 aromatic heterocycles. The maximum atomic E-state index is 4.85. The SMILES string of the molecule is Cl.NOc1ccccc1. The predicted molar refractivity (Wildman–Crippen MR) is 38.5 cm³/mol. The second-order valence-electron chi connectivity index (χ2n) is 1.43. The highest BCUT2D eigenvalue weighted by atomic mass is 35.5. The van der Waals surface area contributed by atoms with Crippen molar-refractivity contribution >= 4 is 12.4 Å². The quantitative estimate of drug-likeness (QED) is 0.606. The minimum atomic E-state index is 0. The Hall–Kier alpha value is -0.730. The average Bonchev–Trinajstić information content (AvgIpc) is 1.90. The normalized spacial score (nSPS) is 7.67. The van der Waals surface area contributed by atoms with Crippen LogP contribution in [-0.2, 0) is 0 Å². The van der Waals surface area contributed by atoms with E-state index < -0.39 is 0 Å². The van der Waals surface area contributed by atoms with Crippen LogP contribution < -0.4 is 10.7 Å². The first-order chi connectivity index (χ1) is 3.93. The Labute approximate surface area is 60.0 Å². The molecule has 0 amide bonds. The molecule has 0 saturated carbocycles. The van der Waals surface area contributed by atoms with Crippen molar-refractivity contribution in [2.75, 3.05) is 0 Å². The molecule has 0 aliphatic rings. The summed E-state index contributed by atoms with van der Waals surface area (Å²) in [4.78, 5) is 4.41. The van der Waals surface area contributed by atoms with Crippen LogP contribution in [-0.4, -0.2) is 0 Å². The molecule has 0 saturated heterocycles. The van der Waals surface area contributed by atoms with Crippen molar-refractivity contribution in [3.63, 3.8) is 0 Å². The van der Waals surface area contributed by atoms with Crippen LogP contribution in [0, 0.1) is 0 Å². The van der Waals surface area contributed by atoms with E-state index in [1.807, 2.05) is 18.2 Å². The molecule has 1 aromatic rings. The fourth-order valence-electron chi connectivity index (χ4n) is 0.499. The van der Waals surface area contributed by atoms with Gasteiger partial charge in [-0.1, -0.05) is 18.2 Å². The van der Waals surface area contributed by atoms with E-state index >= 15 is 0 Å². The maximum absolute atomic E-state index is 4.85. The van der Waals surface area contributed by atoms with Gasteiger partial charge in [-0.25, -0.2) is 0 Å². The molecule has 0 unspecified atom stereocenters. The number of halogens is 1. The molecule has 0 fully saturated rings. The van der Waals surface area contributed by atoms with Gasteiger partial charge in [0.2, 0.25) is 0 Å². The average molecular weight is 146 g/mol. The van der Waals surface area contributed by atoms with Crippen LogP contribution in [0.5, 0.6) is 5.75 Å². The minimum absolute atomic E-state index is 0. The van der Waals surface area contributed by atoms with Crippen LogP contribution >= 0.6 is 12.4 Å². The van der Waals surface area contributed by atoms with E-state index in [0.29, 0.717) is 5.75 Å². The summed E-state index contributed by atoms with van der Waals surface area (Å²) in [5.41, 5.74) is 0. The molecule has 0 radical (unpaired) electrons. The lowest BCUT2D eigenvalue weighted by Crippen LogP contribution is -2.00. The fourth-order valence-corrected chi connectivity index (χ4v) is 0.499. The summed E-state index contributed by atoms with van der Waals surface area (Å²) in [5.74, 6) is 5.54. The van der Waals surface area contributed by atoms with Gasteiger partial charge < -0.3 is 4.84 Å². The first kappa shape index (κ1) is 8.27. The van der Waals surface area contributed by atoms with Gasteiger partial charge in [0.1, 0.15) is 5.75 Å². The zero-order valence-electron chi connectivity index (χ0n) is 4.78. The molecule has 1 aromatic carbocycles. The lowest BCUT2D eigenvalue weighted by atomic mass is 10.3. The third kappa shape index (κ3) is 2.35. The Bertz CT molecular complexity index is 154. The Morgan fingerprint density at radius 2 is 1.67 bits per heavy atom. The number of rotatable bonds is 1. The van der Waals surface area contributed by atoms with Gasteiger partial charge in [-0.3, -0.25) is 0 Å². The highest BCUT2D eigenvalue weighted by Gasteiger charge is 1.81. The first-order valence-corrected chi connectivity index (χ1v) is 2.35. The van der Waals surface area contributed by atoms with Crippen molar-refractivity contribution in [1.82, 2.24) is 0 Å². The molecule has 0 atom stereocenters. The van der Waals surface area contributed by atoms with Crippen molar-refractivity contribution in [1.29, 1.82) is 0 Å². The van der Waals surface area contributed by atoms with E-state index in [1.54, 1.807) is 12.1 Å². The molecule has 50 valence electrons. The lowest BCUT2D eigenvalue weighted by Gasteiger charge is -1.92. The van der Waals surface area contributed by atoms with Crippen molar-refractivity contribution in [2.45, 2.75) is 0 Å². The van der Waals surface area contributed by atoms with E-state index in [-0.39, 0.29) is 12.4 Å². The maximum Gasteiger partial charge on any atom is 0.146 e. The van der Waals surface area contributed by atoms with Crippen molar-refractivity contribution in [3.8, 4) is 5.75 Å². The predicted octanol–water partition coefficient (Wildman–Crippen LogP) is 1.36. The smallest absolute Gasteiger partial charge is 0.146 e. The van der Waals surface area contributed by atoms with Gasteiger partial charge in [-0.05, 0) is 12.1 Å². The molecule has 2 N–H and O–H groups in total. The highest BCUT2D eigenvalue weighted by Crippen LogP contribution is 2.04. The fraction of sp³-hybridized carbons (Fsp3) is 0. The molecule has 0 heterocycles. The zero-order chi connectivity index (χ0) is 5.82. The van der Waals surface area contributed by atoms with E-state index in [1.165, 1.54) is 0 Å². The van der Waals surface area contributed by atoms with Gasteiger partial charge in [-0.15, -0.1) is 12.4 Å².